The van der Waals surface area contributed by atoms with E-state index in [4.69, 9.17) is 35.4 Å². The van der Waals surface area contributed by atoms with Crippen molar-refractivity contribution >= 4 is 0 Å². The van der Waals surface area contributed by atoms with Crippen molar-refractivity contribution < 1.29 is 25.3 Å². The molecule has 1 heterocycles. The van der Waals surface area contributed by atoms with Gasteiger partial charge in [-0.25, -0.2) is 0 Å². The van der Waals surface area contributed by atoms with Crippen molar-refractivity contribution in [3.05, 3.63) is 20.2 Å². The van der Waals surface area contributed by atoms with Crippen molar-refractivity contribution in [3.63, 3.8) is 0 Å². The Hall–Kier alpha value is -1.72. The van der Waals surface area contributed by atoms with E-state index in [9.17, 15) is 0 Å². The molecule has 156 valence electrons. The molecule has 1 rings (SSSR count). The van der Waals surface area contributed by atoms with Crippen molar-refractivity contribution in [3.8, 4) is 0 Å². The molecule has 1 fully saturated rings. The summed E-state index contributed by atoms with van der Waals surface area (Å²) >= 11 is 0. The van der Waals surface area contributed by atoms with Crippen LogP contribution in [0.1, 0.15) is 47.0 Å². The minimum atomic E-state index is -1.50. The molecule has 0 aromatic carbocycles. The van der Waals surface area contributed by atoms with E-state index in [1.807, 2.05) is 0 Å². The summed E-state index contributed by atoms with van der Waals surface area (Å²) in [7, 11) is 6.46. The fourth-order valence-electron chi connectivity index (χ4n) is 3.03. The molecular formula is C15H34N4O7. The zero-order chi connectivity index (χ0) is 21.1. The number of hydrogen-bond acceptors (Lipinski definition) is 7. The molecule has 2 N–H and O–H groups in total. The first-order chi connectivity index (χ1) is 11.6. The van der Waals surface area contributed by atoms with Crippen LogP contribution in [0.25, 0.3) is 0 Å². The highest BCUT2D eigenvalue weighted by Crippen LogP contribution is 2.37. The third-order valence-corrected chi connectivity index (χ3v) is 4.37. The van der Waals surface area contributed by atoms with Crippen LogP contribution in [0, 0.1) is 20.2 Å². The van der Waals surface area contributed by atoms with Crippen LogP contribution >= 0.6 is 0 Å². The molecule has 26 heavy (non-hydrogen) atoms. The van der Waals surface area contributed by atoms with Crippen molar-refractivity contribution in [2.45, 2.75) is 64.1 Å². The average Bonchev–Trinajstić information content (AvgIpc) is 2.39. The number of piperidine rings is 1. The Morgan fingerprint density at radius 2 is 1.42 bits per heavy atom. The fraction of sp³-hybridized carbons (Fsp3) is 1.00. The Kier molecular flexibility index (Phi) is 12.0. The Balaban J connectivity index is 0. The van der Waals surface area contributed by atoms with Crippen LogP contribution in [0.3, 0.4) is 0 Å². The molecule has 11 heteroatoms. The summed E-state index contributed by atoms with van der Waals surface area (Å²) in [6, 6.07) is 0. The second-order valence-electron chi connectivity index (χ2n) is 7.72. The zero-order valence-electron chi connectivity index (χ0n) is 16.8. The average molecular weight is 382 g/mol. The van der Waals surface area contributed by atoms with Gasteiger partial charge in [-0.1, -0.05) is 0 Å². The predicted molar refractivity (Wildman–Crippen MR) is 95.6 cm³/mol. The van der Waals surface area contributed by atoms with Gasteiger partial charge in [0.1, 0.15) is 0 Å². The van der Waals surface area contributed by atoms with Crippen LogP contribution in [0.15, 0.2) is 0 Å². The van der Waals surface area contributed by atoms with Crippen LogP contribution in [-0.2, 0) is 4.74 Å². The number of nitrogens with zero attached hydrogens (tertiary/aromatic N) is 4. The smallest absolute Gasteiger partial charge is 0.291 e. The lowest BCUT2D eigenvalue weighted by atomic mass is 9.79. The highest BCUT2D eigenvalue weighted by molar-refractivity contribution is 4.98. The SMILES string of the molecule is CN(C)CCCOC1CC(C)(C)N(C)C(C)(C)C1.O=[N+]([O-])O.O=[N+]([O-])O. The van der Waals surface area contributed by atoms with Gasteiger partial charge in [0.25, 0.3) is 10.2 Å². The maximum Gasteiger partial charge on any atom is 0.291 e. The molecule has 0 atom stereocenters. The summed E-state index contributed by atoms with van der Waals surface area (Å²) in [6.45, 7) is 11.3. The van der Waals surface area contributed by atoms with Gasteiger partial charge in [0.15, 0.2) is 0 Å². The molecule has 1 aliphatic rings. The molecule has 0 amide bonds. The summed E-state index contributed by atoms with van der Waals surface area (Å²) in [5.41, 5.74) is 0.460. The Morgan fingerprint density at radius 3 is 1.73 bits per heavy atom. The molecule has 0 aromatic rings. The van der Waals surface area contributed by atoms with E-state index in [1.165, 1.54) is 0 Å². The molecule has 0 bridgehead atoms. The summed E-state index contributed by atoms with van der Waals surface area (Å²) < 4.78 is 6.10. The molecule has 11 nitrogen and oxygen atoms in total. The van der Waals surface area contributed by atoms with Gasteiger partial charge in [0, 0.05) is 17.7 Å². The predicted octanol–water partition coefficient (Wildman–Crippen LogP) is 1.91. The topological polar surface area (TPSA) is 142 Å². The second kappa shape index (κ2) is 11.8. The number of hydrogen-bond donors (Lipinski definition) is 2. The van der Waals surface area contributed by atoms with E-state index in [-0.39, 0.29) is 11.1 Å². The lowest BCUT2D eigenvalue weighted by Gasteiger charge is -2.53. The van der Waals surface area contributed by atoms with Crippen molar-refractivity contribution in [2.75, 3.05) is 34.3 Å². The molecule has 0 saturated carbocycles. The zero-order valence-corrected chi connectivity index (χ0v) is 16.8. The molecular weight excluding hydrogens is 348 g/mol. The van der Waals surface area contributed by atoms with Gasteiger partial charge < -0.3 is 20.1 Å². The third kappa shape index (κ3) is 13.6. The Bertz CT molecular complexity index is 392. The normalized spacial score (nSPS) is 18.9. The molecule has 0 aliphatic carbocycles. The van der Waals surface area contributed by atoms with E-state index >= 15 is 0 Å². The largest absolute Gasteiger partial charge is 0.378 e. The summed E-state index contributed by atoms with van der Waals surface area (Å²) in [5, 5.41) is 27.3. The van der Waals surface area contributed by atoms with E-state index in [0.717, 1.165) is 32.4 Å². The summed E-state index contributed by atoms with van der Waals surface area (Å²) in [6.07, 6.45) is 3.80. The Morgan fingerprint density at radius 1 is 1.08 bits per heavy atom. The van der Waals surface area contributed by atoms with Gasteiger partial charge in [-0.05, 0) is 74.6 Å². The quantitative estimate of drug-likeness (QED) is 0.414. The lowest BCUT2D eigenvalue weighted by Crippen LogP contribution is -2.60. The van der Waals surface area contributed by atoms with Crippen LogP contribution in [0.5, 0.6) is 0 Å². The molecule has 0 spiro atoms. The molecule has 0 unspecified atom stereocenters. The van der Waals surface area contributed by atoms with Gasteiger partial charge in [-0.2, -0.15) is 0 Å². The van der Waals surface area contributed by atoms with Crippen LogP contribution in [-0.4, -0.2) is 81.9 Å². The maximum absolute atomic E-state index is 8.36. The summed E-state index contributed by atoms with van der Waals surface area (Å²) in [5.74, 6) is 0. The van der Waals surface area contributed by atoms with Crippen molar-refractivity contribution in [1.82, 2.24) is 9.80 Å². The molecule has 0 radical (unpaired) electrons. The van der Waals surface area contributed by atoms with Crippen molar-refractivity contribution in [2.24, 2.45) is 0 Å². The lowest BCUT2D eigenvalue weighted by molar-refractivity contribution is -0.742. The molecule has 0 aromatic heterocycles. The fourth-order valence-corrected chi connectivity index (χ4v) is 3.03. The van der Waals surface area contributed by atoms with Gasteiger partial charge in [0.05, 0.1) is 6.10 Å². The Labute approximate surface area is 154 Å². The highest BCUT2D eigenvalue weighted by Gasteiger charge is 2.43. The van der Waals surface area contributed by atoms with Gasteiger partial charge >= 0.3 is 0 Å². The van der Waals surface area contributed by atoms with Gasteiger partial charge in [-0.15, -0.1) is 20.2 Å². The monoisotopic (exact) mass is 382 g/mol. The first-order valence-electron chi connectivity index (χ1n) is 8.28. The maximum atomic E-state index is 8.36. The van der Waals surface area contributed by atoms with Crippen molar-refractivity contribution in [1.29, 1.82) is 0 Å². The first-order valence-corrected chi connectivity index (χ1v) is 8.28. The van der Waals surface area contributed by atoms with E-state index < -0.39 is 10.2 Å². The first kappa shape index (κ1) is 26.5. The van der Waals surface area contributed by atoms with E-state index in [1.54, 1.807) is 0 Å². The number of likely N-dealkylation sites (tertiary alicyclic amines) is 1. The van der Waals surface area contributed by atoms with Crippen LogP contribution in [0.4, 0.5) is 0 Å². The number of ether oxygens (including phenoxy) is 1. The summed E-state index contributed by atoms with van der Waals surface area (Å²) in [4.78, 5) is 21.4. The minimum Gasteiger partial charge on any atom is -0.378 e. The minimum absolute atomic E-state index is 0.230. The van der Waals surface area contributed by atoms with E-state index in [2.05, 4.69) is 58.6 Å². The van der Waals surface area contributed by atoms with Gasteiger partial charge in [0.2, 0.25) is 0 Å². The van der Waals surface area contributed by atoms with E-state index in [0.29, 0.717) is 6.10 Å². The third-order valence-electron chi connectivity index (χ3n) is 4.37. The van der Waals surface area contributed by atoms with Gasteiger partial charge in [-0.3, -0.25) is 4.90 Å². The molecule has 1 aliphatic heterocycles. The number of rotatable bonds is 5. The highest BCUT2D eigenvalue weighted by atomic mass is 16.9. The molecule has 1 saturated heterocycles. The van der Waals surface area contributed by atoms with Crippen LogP contribution in [0.2, 0.25) is 0 Å². The second-order valence-corrected chi connectivity index (χ2v) is 7.72. The standard InChI is InChI=1S/C15H32N2O.2HNO3/c1-14(2)11-13(12-15(3,4)17(14)7)18-10-8-9-16(5)6;2*2-1(3)4/h13H,8-12H2,1-7H3;2*(H,2,3,4). The van der Waals surface area contributed by atoms with Crippen LogP contribution < -0.4 is 0 Å².